The molecule has 278 valence electrons. The number of fused-ring (bicyclic) bond motifs is 1. The zero-order chi connectivity index (χ0) is 38.3. The number of urea groups is 1. The summed E-state index contributed by atoms with van der Waals surface area (Å²) in [6, 6.07) is 22.8. The fourth-order valence-corrected chi connectivity index (χ4v) is 6.27. The van der Waals surface area contributed by atoms with Crippen LogP contribution in [0.5, 0.6) is 23.0 Å². The van der Waals surface area contributed by atoms with E-state index in [1.807, 2.05) is 57.2 Å². The van der Waals surface area contributed by atoms with Crippen LogP contribution in [-0.4, -0.2) is 51.4 Å². The number of amides is 2. The first-order chi connectivity index (χ1) is 25.1. The Hall–Kier alpha value is -5.47. The molecule has 5 N–H and O–H groups in total. The predicted octanol–water partition coefficient (Wildman–Crippen LogP) is 8.31. The van der Waals surface area contributed by atoms with E-state index in [1.54, 1.807) is 55.8 Å². The van der Waals surface area contributed by atoms with Crippen LogP contribution < -0.4 is 34.9 Å². The van der Waals surface area contributed by atoms with Crippen molar-refractivity contribution >= 4 is 63.6 Å². The second-order valence-corrected chi connectivity index (χ2v) is 15.4. The Balaban J connectivity index is 1.35. The number of nitrogens with zero attached hydrogens (tertiary/aromatic N) is 1. The van der Waals surface area contributed by atoms with Crippen molar-refractivity contribution in [2.75, 3.05) is 47.8 Å². The molecule has 53 heavy (non-hydrogen) atoms. The Labute approximate surface area is 308 Å². The molecule has 0 saturated carbocycles. The molecular weight excluding hydrogens is 721 g/mol. The Morgan fingerprint density at radius 1 is 0.868 bits per heavy atom. The van der Waals surface area contributed by atoms with E-state index in [0.29, 0.717) is 46.2 Å². The fraction of sp³-hybridized carbons (Fsp3) is 0.243. The van der Waals surface area contributed by atoms with E-state index in [4.69, 9.17) is 23.6 Å². The van der Waals surface area contributed by atoms with Crippen LogP contribution in [0, 0.1) is 0 Å². The first-order valence-electron chi connectivity index (χ1n) is 16.3. The zero-order valence-electron chi connectivity index (χ0n) is 30.0. The number of hydrogen-bond donors (Lipinski definition) is 5. The first kappa shape index (κ1) is 38.8. The van der Waals surface area contributed by atoms with Gasteiger partial charge in [-0.2, -0.15) is 0 Å². The highest BCUT2D eigenvalue weighted by Crippen LogP contribution is 2.40. The smallest absolute Gasteiger partial charge is 0.496 e. The number of rotatable bonds is 14. The number of methoxy groups -OCH3 is 2. The van der Waals surface area contributed by atoms with Crippen LogP contribution in [-0.2, 0) is 30.9 Å². The van der Waals surface area contributed by atoms with Crippen LogP contribution in [0.1, 0.15) is 31.9 Å². The standard InChI is InChI=1S/C37H40N5O9PS/c1-37(2,3)24-19-30(35(49-5)31(20-24)42-53(6,46)47)41-36(43)40-29-13-14-32(28-10-8-7-9-27(28)29)51-26-15-17-38-34(22-26)39-25-12-11-23(33(21-25)48-4)16-18-50-52(44)45/h7-15,17,19-22,42H,16,18H2,1-6H3,(H3-,38,39,40,41,43,44,45)/p+1. The molecule has 14 nitrogen and oxygen atoms in total. The van der Waals surface area contributed by atoms with Crippen molar-refractivity contribution in [1.29, 1.82) is 0 Å². The van der Waals surface area contributed by atoms with Gasteiger partial charge in [-0.25, -0.2) is 18.2 Å². The maximum Gasteiger partial charge on any atom is 0.694 e. The summed E-state index contributed by atoms with van der Waals surface area (Å²) in [4.78, 5) is 26.7. The normalized spacial score (nSPS) is 11.8. The van der Waals surface area contributed by atoms with E-state index >= 15 is 0 Å². The Morgan fingerprint density at radius 2 is 1.58 bits per heavy atom. The minimum absolute atomic E-state index is 0.0731. The maximum absolute atomic E-state index is 13.4. The highest BCUT2D eigenvalue weighted by Gasteiger charge is 2.23. The molecule has 1 atom stereocenters. The number of sulfonamides is 1. The Bertz CT molecular complexity index is 2260. The van der Waals surface area contributed by atoms with E-state index in [9.17, 15) is 17.8 Å². The van der Waals surface area contributed by atoms with Crippen molar-refractivity contribution in [3.8, 4) is 23.0 Å². The number of carbonyl (C=O) groups excluding carboxylic acids is 1. The molecule has 0 aliphatic heterocycles. The molecule has 1 unspecified atom stereocenters. The molecular formula is C37H41N5O9PS+. The van der Waals surface area contributed by atoms with E-state index in [0.717, 1.165) is 22.8 Å². The van der Waals surface area contributed by atoms with Gasteiger partial charge < -0.3 is 30.2 Å². The number of ether oxygens (including phenoxy) is 3. The summed E-state index contributed by atoms with van der Waals surface area (Å²) in [5.74, 6) is 2.31. The van der Waals surface area contributed by atoms with E-state index in [2.05, 4.69) is 25.7 Å². The Morgan fingerprint density at radius 3 is 2.26 bits per heavy atom. The van der Waals surface area contributed by atoms with Gasteiger partial charge in [0.1, 0.15) is 29.7 Å². The van der Waals surface area contributed by atoms with Crippen LogP contribution in [0.25, 0.3) is 10.8 Å². The van der Waals surface area contributed by atoms with Crippen LogP contribution in [0.2, 0.25) is 0 Å². The number of hydrogen-bond acceptors (Lipinski definition) is 10. The van der Waals surface area contributed by atoms with Crippen LogP contribution in [0.4, 0.5) is 33.4 Å². The summed E-state index contributed by atoms with van der Waals surface area (Å²) in [5.41, 5.74) is 2.93. The van der Waals surface area contributed by atoms with Gasteiger partial charge in [0, 0.05) is 45.8 Å². The molecule has 1 aromatic heterocycles. The summed E-state index contributed by atoms with van der Waals surface area (Å²) >= 11 is 0. The van der Waals surface area contributed by atoms with Gasteiger partial charge in [-0.1, -0.05) is 51.1 Å². The third-order valence-corrected chi connectivity index (χ3v) is 8.92. The summed E-state index contributed by atoms with van der Waals surface area (Å²) < 4.78 is 59.7. The van der Waals surface area contributed by atoms with Crippen LogP contribution in [0.15, 0.2) is 85.1 Å². The van der Waals surface area contributed by atoms with Gasteiger partial charge in [-0.05, 0) is 52.9 Å². The molecule has 0 spiro atoms. The number of aromatic nitrogens is 1. The van der Waals surface area contributed by atoms with Gasteiger partial charge >= 0.3 is 14.3 Å². The van der Waals surface area contributed by atoms with Crippen molar-refractivity contribution in [3.63, 3.8) is 0 Å². The number of carbonyl (C=O) groups is 1. The quantitative estimate of drug-likeness (QED) is 0.0685. The molecule has 0 saturated heterocycles. The number of nitrogens with one attached hydrogen (secondary N) is 4. The minimum Gasteiger partial charge on any atom is -0.496 e. The van der Waals surface area contributed by atoms with Gasteiger partial charge in [0.05, 0.1) is 37.5 Å². The number of pyridine rings is 1. The molecule has 2 amide bonds. The average Bonchev–Trinajstić information content (AvgIpc) is 3.08. The molecule has 5 rings (SSSR count). The fourth-order valence-electron chi connectivity index (χ4n) is 5.48. The summed E-state index contributed by atoms with van der Waals surface area (Å²) in [7, 11) is -3.37. The number of benzene rings is 4. The van der Waals surface area contributed by atoms with Crippen molar-refractivity contribution in [2.45, 2.75) is 32.6 Å². The lowest BCUT2D eigenvalue weighted by molar-refractivity contribution is 0.262. The maximum atomic E-state index is 13.4. The molecule has 16 heteroatoms. The van der Waals surface area contributed by atoms with Gasteiger partial charge in [-0.3, -0.25) is 4.72 Å². The van der Waals surface area contributed by atoms with Crippen molar-refractivity contribution in [2.24, 2.45) is 0 Å². The lowest BCUT2D eigenvalue weighted by Crippen LogP contribution is -2.22. The second-order valence-electron chi connectivity index (χ2n) is 12.9. The minimum atomic E-state index is -3.64. The van der Waals surface area contributed by atoms with Gasteiger partial charge in [0.15, 0.2) is 5.75 Å². The molecule has 0 radical (unpaired) electrons. The first-order valence-corrected chi connectivity index (χ1v) is 19.3. The predicted molar refractivity (Wildman–Crippen MR) is 207 cm³/mol. The monoisotopic (exact) mass is 762 g/mol. The summed E-state index contributed by atoms with van der Waals surface area (Å²) in [6.45, 7) is 6.00. The molecule has 0 aliphatic carbocycles. The second kappa shape index (κ2) is 16.5. The van der Waals surface area contributed by atoms with E-state index < -0.39 is 24.3 Å². The molecule has 0 bridgehead atoms. The van der Waals surface area contributed by atoms with Crippen molar-refractivity contribution < 1.29 is 41.4 Å². The topological polar surface area (TPSA) is 186 Å². The average molecular weight is 763 g/mol. The van der Waals surface area contributed by atoms with Gasteiger partial charge in [-0.15, -0.1) is 9.42 Å². The van der Waals surface area contributed by atoms with Crippen LogP contribution in [0.3, 0.4) is 0 Å². The lowest BCUT2D eigenvalue weighted by atomic mass is 9.86. The third kappa shape index (κ3) is 10.3. The van der Waals surface area contributed by atoms with E-state index in [-0.39, 0.29) is 29.1 Å². The molecule has 0 fully saturated rings. The highest BCUT2D eigenvalue weighted by atomic mass is 32.2. The molecule has 1 heterocycles. The SMILES string of the molecule is COc1cc(Nc2cc(Oc3ccc(NC(=O)Nc4cc(C(C)(C)C)cc(NS(C)(=O)=O)c4OC)c4ccccc34)ccn2)ccc1CCO[P+](=O)O. The molecule has 0 aliphatic rings. The largest absolute Gasteiger partial charge is 0.694 e. The molecule has 4 aromatic carbocycles. The lowest BCUT2D eigenvalue weighted by Gasteiger charge is -2.24. The third-order valence-electron chi connectivity index (χ3n) is 7.93. The van der Waals surface area contributed by atoms with Gasteiger partial charge in [0.2, 0.25) is 10.0 Å². The van der Waals surface area contributed by atoms with Crippen molar-refractivity contribution in [3.05, 3.63) is 96.2 Å². The molecule has 5 aromatic rings. The summed E-state index contributed by atoms with van der Waals surface area (Å²) in [5, 5.41) is 10.4. The highest BCUT2D eigenvalue weighted by molar-refractivity contribution is 7.92. The Kier molecular flexibility index (Phi) is 12.0. The van der Waals surface area contributed by atoms with Crippen LogP contribution >= 0.6 is 8.25 Å². The number of anilines is 5. The van der Waals surface area contributed by atoms with Crippen molar-refractivity contribution in [1.82, 2.24) is 4.98 Å². The van der Waals surface area contributed by atoms with Gasteiger partial charge in [0.25, 0.3) is 0 Å². The van der Waals surface area contributed by atoms with E-state index in [1.165, 1.54) is 7.11 Å². The zero-order valence-corrected chi connectivity index (χ0v) is 31.7. The summed E-state index contributed by atoms with van der Waals surface area (Å²) in [6.07, 6.45) is 3.05.